The highest BCUT2D eigenvalue weighted by atomic mass is 16.6. The Kier molecular flexibility index (Phi) is 4.56. The molecule has 0 spiro atoms. The second kappa shape index (κ2) is 6.23. The molecule has 2 heterocycles. The third kappa shape index (κ3) is 2.99. The van der Waals surface area contributed by atoms with Gasteiger partial charge in [-0.3, -0.25) is 14.3 Å². The van der Waals surface area contributed by atoms with Crippen LogP contribution in [0, 0.1) is 0 Å². The van der Waals surface area contributed by atoms with Crippen molar-refractivity contribution >= 4 is 12.0 Å². The van der Waals surface area contributed by atoms with Gasteiger partial charge < -0.3 is 25.2 Å². The van der Waals surface area contributed by atoms with Crippen LogP contribution in [0.25, 0.3) is 6.08 Å². The number of nitrogens with one attached hydrogen (secondary N) is 1. The van der Waals surface area contributed by atoms with Crippen LogP contribution in [0.2, 0.25) is 0 Å². The Morgan fingerprint density at radius 2 is 2.05 bits per heavy atom. The first-order chi connectivity index (χ1) is 10.3. The summed E-state index contributed by atoms with van der Waals surface area (Å²) in [5.41, 5.74) is -1.88. The number of carboxylic acid groups (broad SMARTS) is 1. The Morgan fingerprint density at radius 3 is 2.59 bits per heavy atom. The number of H-pyrrole nitrogens is 1. The standard InChI is InChI=1S/C12H14N2O8/c15-4-6-8(18)9(19)11(22-6)14-3-5(1-2-7(16)17)10(20)13-12(14)21/h1-3,6,8-9,11,15,18-19H,4H2,(H,16,17)(H,13,20,21)/b2-1+/t6-,8+,9?,11-/m1/s1. The topological polar surface area (TPSA) is 162 Å². The highest BCUT2D eigenvalue weighted by Crippen LogP contribution is 2.27. The first-order valence-corrected chi connectivity index (χ1v) is 6.24. The van der Waals surface area contributed by atoms with E-state index in [0.29, 0.717) is 6.08 Å². The van der Waals surface area contributed by atoms with Crippen molar-refractivity contribution in [2.75, 3.05) is 6.61 Å². The Hall–Kier alpha value is -2.27. The Morgan fingerprint density at radius 1 is 1.36 bits per heavy atom. The molecular formula is C12H14N2O8. The molecule has 0 aromatic carbocycles. The third-order valence-electron chi connectivity index (χ3n) is 3.19. The Labute approximate surface area is 122 Å². The maximum atomic E-state index is 11.8. The predicted octanol–water partition coefficient (Wildman–Crippen LogP) is -2.75. The van der Waals surface area contributed by atoms with Crippen LogP contribution < -0.4 is 11.2 Å². The number of aromatic nitrogens is 2. The number of carboxylic acids is 1. The highest BCUT2D eigenvalue weighted by Gasteiger charge is 2.43. The normalized spacial score (nSPS) is 28.3. The summed E-state index contributed by atoms with van der Waals surface area (Å²) in [5, 5.41) is 37.1. The van der Waals surface area contributed by atoms with Crippen LogP contribution >= 0.6 is 0 Å². The summed E-state index contributed by atoms with van der Waals surface area (Å²) in [4.78, 5) is 35.8. The van der Waals surface area contributed by atoms with Crippen molar-refractivity contribution in [2.24, 2.45) is 0 Å². The van der Waals surface area contributed by atoms with Gasteiger partial charge in [0.1, 0.15) is 18.3 Å². The number of ether oxygens (including phenoxy) is 1. The second-order valence-corrected chi connectivity index (χ2v) is 4.65. The minimum absolute atomic E-state index is 0.153. The van der Waals surface area contributed by atoms with Crippen molar-refractivity contribution in [1.82, 2.24) is 9.55 Å². The molecule has 0 bridgehead atoms. The number of aliphatic carboxylic acids is 1. The summed E-state index contributed by atoms with van der Waals surface area (Å²) in [6, 6.07) is 0. The SMILES string of the molecule is O=C(O)/C=C/c1cn([C@@H]2O[C@H](CO)[C@H](O)C2O)c(=O)[nH]c1=O. The fourth-order valence-electron chi connectivity index (χ4n) is 2.08. The molecule has 0 saturated carbocycles. The van der Waals surface area contributed by atoms with Gasteiger partial charge in [0.05, 0.1) is 12.2 Å². The van der Waals surface area contributed by atoms with Crippen molar-refractivity contribution < 1.29 is 30.0 Å². The number of aliphatic hydroxyl groups excluding tert-OH is 3. The second-order valence-electron chi connectivity index (χ2n) is 4.65. The molecule has 10 nitrogen and oxygen atoms in total. The minimum atomic E-state index is -1.50. The zero-order chi connectivity index (χ0) is 16.4. The van der Waals surface area contributed by atoms with E-state index in [-0.39, 0.29) is 5.56 Å². The van der Waals surface area contributed by atoms with Crippen LogP contribution in [0.15, 0.2) is 21.9 Å². The minimum Gasteiger partial charge on any atom is -0.478 e. The van der Waals surface area contributed by atoms with Crippen molar-refractivity contribution in [1.29, 1.82) is 0 Å². The van der Waals surface area contributed by atoms with Gasteiger partial charge in [0.2, 0.25) is 0 Å². The first-order valence-electron chi connectivity index (χ1n) is 6.24. The van der Waals surface area contributed by atoms with E-state index < -0.39 is 48.4 Å². The van der Waals surface area contributed by atoms with Gasteiger partial charge in [0, 0.05) is 12.3 Å². The molecule has 1 aromatic heterocycles. The fourth-order valence-corrected chi connectivity index (χ4v) is 2.08. The van der Waals surface area contributed by atoms with E-state index >= 15 is 0 Å². The summed E-state index contributed by atoms with van der Waals surface area (Å²) in [6.45, 7) is -0.571. The summed E-state index contributed by atoms with van der Waals surface area (Å²) in [5.74, 6) is -1.29. The van der Waals surface area contributed by atoms with E-state index in [9.17, 15) is 24.6 Å². The molecule has 1 aromatic rings. The molecule has 4 atom stereocenters. The third-order valence-corrected chi connectivity index (χ3v) is 3.19. The summed E-state index contributed by atoms with van der Waals surface area (Å²) >= 11 is 0. The molecule has 1 saturated heterocycles. The van der Waals surface area contributed by atoms with Crippen LogP contribution in [-0.2, 0) is 9.53 Å². The van der Waals surface area contributed by atoms with Gasteiger partial charge in [-0.1, -0.05) is 0 Å². The van der Waals surface area contributed by atoms with E-state index in [1.54, 1.807) is 0 Å². The molecule has 1 aliphatic heterocycles. The van der Waals surface area contributed by atoms with Crippen LogP contribution in [0.3, 0.4) is 0 Å². The fraction of sp³-hybridized carbons (Fsp3) is 0.417. The van der Waals surface area contributed by atoms with Gasteiger partial charge in [-0.05, 0) is 6.08 Å². The molecule has 5 N–H and O–H groups in total. The summed E-state index contributed by atoms with van der Waals surface area (Å²) in [7, 11) is 0. The number of carbonyl (C=O) groups is 1. The van der Waals surface area contributed by atoms with E-state index in [4.69, 9.17) is 14.9 Å². The molecule has 1 aliphatic rings. The molecule has 1 fully saturated rings. The Bertz CT molecular complexity index is 706. The average molecular weight is 314 g/mol. The lowest BCUT2D eigenvalue weighted by Gasteiger charge is -2.17. The van der Waals surface area contributed by atoms with Crippen LogP contribution in [0.4, 0.5) is 0 Å². The summed E-state index contributed by atoms with van der Waals surface area (Å²) < 4.78 is 5.98. The van der Waals surface area contributed by atoms with Crippen LogP contribution in [0.1, 0.15) is 11.8 Å². The lowest BCUT2D eigenvalue weighted by Crippen LogP contribution is -2.38. The van der Waals surface area contributed by atoms with Gasteiger partial charge in [-0.15, -0.1) is 0 Å². The number of aromatic amines is 1. The van der Waals surface area contributed by atoms with Crippen molar-refractivity contribution in [3.8, 4) is 0 Å². The molecule has 1 unspecified atom stereocenters. The van der Waals surface area contributed by atoms with Crippen molar-refractivity contribution in [2.45, 2.75) is 24.5 Å². The molecule has 0 radical (unpaired) electrons. The molecule has 0 amide bonds. The van der Waals surface area contributed by atoms with E-state index in [2.05, 4.69) is 0 Å². The zero-order valence-electron chi connectivity index (χ0n) is 11.1. The van der Waals surface area contributed by atoms with Crippen molar-refractivity contribution in [3.05, 3.63) is 38.7 Å². The smallest absolute Gasteiger partial charge is 0.330 e. The van der Waals surface area contributed by atoms with E-state index in [1.807, 2.05) is 4.98 Å². The molecular weight excluding hydrogens is 300 g/mol. The van der Waals surface area contributed by atoms with Gasteiger partial charge in [-0.25, -0.2) is 9.59 Å². The van der Waals surface area contributed by atoms with Crippen molar-refractivity contribution in [3.63, 3.8) is 0 Å². The lowest BCUT2D eigenvalue weighted by molar-refractivity contribution is -0.131. The van der Waals surface area contributed by atoms with E-state index in [0.717, 1.165) is 16.8 Å². The van der Waals surface area contributed by atoms with Gasteiger partial charge in [0.25, 0.3) is 5.56 Å². The number of aliphatic hydroxyl groups is 3. The molecule has 10 heteroatoms. The van der Waals surface area contributed by atoms with Gasteiger partial charge in [0.15, 0.2) is 6.23 Å². The molecule has 0 aliphatic carbocycles. The highest BCUT2D eigenvalue weighted by molar-refractivity contribution is 5.85. The van der Waals surface area contributed by atoms with E-state index in [1.165, 1.54) is 0 Å². The van der Waals surface area contributed by atoms with Crippen LogP contribution in [0.5, 0.6) is 0 Å². The lowest BCUT2D eigenvalue weighted by atomic mass is 10.1. The van der Waals surface area contributed by atoms with Crippen LogP contribution in [-0.4, -0.2) is 60.9 Å². The largest absolute Gasteiger partial charge is 0.478 e. The van der Waals surface area contributed by atoms with Gasteiger partial charge >= 0.3 is 11.7 Å². The number of nitrogens with zero attached hydrogens (tertiary/aromatic N) is 1. The maximum Gasteiger partial charge on any atom is 0.330 e. The number of rotatable bonds is 4. The number of hydrogen-bond donors (Lipinski definition) is 5. The maximum absolute atomic E-state index is 11.8. The summed E-state index contributed by atoms with van der Waals surface area (Å²) in [6.07, 6.45) is -2.65. The predicted molar refractivity (Wildman–Crippen MR) is 71.0 cm³/mol. The molecule has 120 valence electrons. The zero-order valence-corrected chi connectivity index (χ0v) is 11.1. The number of hydrogen-bond acceptors (Lipinski definition) is 7. The average Bonchev–Trinajstić information content (AvgIpc) is 2.74. The molecule has 2 rings (SSSR count). The van der Waals surface area contributed by atoms with Gasteiger partial charge in [-0.2, -0.15) is 0 Å². The Balaban J connectivity index is 2.44. The molecule has 22 heavy (non-hydrogen) atoms. The quantitative estimate of drug-likeness (QED) is 0.373. The monoisotopic (exact) mass is 314 g/mol. The first kappa shape index (κ1) is 16.1.